The first kappa shape index (κ1) is 15.5. The molecular weight excluding hydrogens is 243 g/mol. The summed E-state index contributed by atoms with van der Waals surface area (Å²) in [7, 11) is -0.994. The van der Waals surface area contributed by atoms with E-state index in [0.29, 0.717) is 0 Å². The van der Waals surface area contributed by atoms with Gasteiger partial charge in [0.05, 0.1) is 0 Å². The number of hydrogen-bond acceptors (Lipinski definition) is 0. The second-order valence-electron chi connectivity index (χ2n) is 3.75. The molecule has 0 unspecified atom stereocenters. The summed E-state index contributed by atoms with van der Waals surface area (Å²) in [4.78, 5) is 0. The zero-order valence-electron chi connectivity index (χ0n) is 7.68. The minimum atomic E-state index is -0.994. The molecule has 0 N–H and O–H groups in total. The maximum Gasteiger partial charge on any atom is -0.147 e. The van der Waals surface area contributed by atoms with Crippen LogP contribution in [0.3, 0.4) is 0 Å². The number of rotatable bonds is 1. The zero-order valence-corrected chi connectivity index (χ0v) is 11.9. The Kier molecular flexibility index (Phi) is 7.30. The maximum atomic E-state index is 2.40. The molecule has 0 saturated carbocycles. The van der Waals surface area contributed by atoms with Gasteiger partial charge in [-0.05, 0) is 0 Å². The molecule has 0 bridgehead atoms. The van der Waals surface area contributed by atoms with E-state index in [2.05, 4.69) is 52.2 Å². The molecule has 0 saturated heterocycles. The van der Waals surface area contributed by atoms with E-state index in [9.17, 15) is 0 Å². The molecule has 1 aliphatic carbocycles. The van der Waals surface area contributed by atoms with Crippen LogP contribution in [0.1, 0.15) is 6.42 Å². The van der Waals surface area contributed by atoms with Crippen LogP contribution in [0.15, 0.2) is 21.2 Å². The summed E-state index contributed by atoms with van der Waals surface area (Å²) in [5.74, 6) is 0. The molecule has 69 valence electrons. The predicted molar refractivity (Wildman–Crippen MR) is 58.6 cm³/mol. The van der Waals surface area contributed by atoms with Gasteiger partial charge in [-0.1, -0.05) is 0 Å². The third-order valence-corrected chi connectivity index (χ3v) is 4.95. The van der Waals surface area contributed by atoms with Gasteiger partial charge < -0.3 is 0 Å². The summed E-state index contributed by atoms with van der Waals surface area (Å²) in [5.41, 5.74) is 0. The molecule has 0 aromatic rings. The second-order valence-corrected chi connectivity index (χ2v) is 9.73. The van der Waals surface area contributed by atoms with Gasteiger partial charge >= 0.3 is 75.8 Å². The van der Waals surface area contributed by atoms with E-state index in [0.717, 1.165) is 0 Å². The fourth-order valence-electron chi connectivity index (χ4n) is 1.21. The molecule has 0 amide bonds. The molecule has 0 aliphatic heterocycles. The molecule has 0 atom stereocenters. The van der Waals surface area contributed by atoms with Gasteiger partial charge in [-0.25, -0.2) is 0 Å². The molecule has 0 heterocycles. The van der Waals surface area contributed by atoms with E-state index in [4.69, 9.17) is 0 Å². The number of allylic oxidation sites excluding steroid dienone is 4. The van der Waals surface area contributed by atoms with Crippen LogP contribution in [0, 0.1) is 0 Å². The first-order valence-corrected chi connectivity index (χ1v) is 7.91. The van der Waals surface area contributed by atoms with E-state index in [1.165, 1.54) is 6.42 Å². The van der Waals surface area contributed by atoms with E-state index < -0.39 is 8.07 Å². The van der Waals surface area contributed by atoms with Crippen LogP contribution in [0.5, 0.6) is 0 Å². The largest absolute Gasteiger partial charge is 0.147 e. The predicted octanol–water partition coefficient (Wildman–Crippen LogP) is 3.47. The molecular formula is C8H15Cl2SiTi. The number of halogens is 2. The first-order valence-electron chi connectivity index (χ1n) is 3.63. The fraction of sp³-hybridized carbons (Fsp3) is 0.500. The minimum absolute atomic E-state index is 0. The Morgan fingerprint density at radius 1 is 1.25 bits per heavy atom. The molecule has 0 fully saturated rings. The van der Waals surface area contributed by atoms with Crippen molar-refractivity contribution in [3.05, 3.63) is 21.2 Å². The van der Waals surface area contributed by atoms with Gasteiger partial charge in [0.25, 0.3) is 0 Å². The van der Waals surface area contributed by atoms with Crippen LogP contribution >= 0.6 is 24.8 Å². The van der Waals surface area contributed by atoms with Crippen molar-refractivity contribution in [2.75, 3.05) is 0 Å². The van der Waals surface area contributed by atoms with Crippen LogP contribution in [0.2, 0.25) is 19.6 Å². The Hall–Kier alpha value is 0.991. The average molecular weight is 258 g/mol. The second kappa shape index (κ2) is 5.66. The molecule has 0 spiro atoms. The average Bonchev–Trinajstić information content (AvgIpc) is 2.11. The van der Waals surface area contributed by atoms with Crippen LogP contribution in [-0.2, 0) is 20.4 Å². The Morgan fingerprint density at radius 2 is 1.75 bits per heavy atom. The first-order chi connectivity index (χ1) is 4.52. The SMILES string of the molecule is C[Si](C)(C)C1=[C]([Ti])CC=C1.Cl.Cl. The molecule has 12 heavy (non-hydrogen) atoms. The van der Waals surface area contributed by atoms with Crippen molar-refractivity contribution in [3.8, 4) is 0 Å². The Balaban J connectivity index is 0. The van der Waals surface area contributed by atoms with Gasteiger partial charge in [0.1, 0.15) is 0 Å². The molecule has 4 heteroatoms. The third-order valence-electron chi connectivity index (χ3n) is 1.74. The van der Waals surface area contributed by atoms with E-state index >= 15 is 0 Å². The smallest absolute Gasteiger partial charge is 0.147 e. The Bertz CT molecular complexity index is 204. The standard InChI is InChI=1S/C8H13Si.2ClH.Ti/c1-9(2,3)8-6-4-5-7-8;;;/h4,6H,5H2,1-3H3;2*1H;. The number of hydrogen-bond donors (Lipinski definition) is 0. The summed E-state index contributed by atoms with van der Waals surface area (Å²) in [6.45, 7) is 7.21. The summed E-state index contributed by atoms with van der Waals surface area (Å²) in [5, 5.41) is 1.66. The maximum absolute atomic E-state index is 2.40. The van der Waals surface area contributed by atoms with E-state index in [1.807, 2.05) is 0 Å². The van der Waals surface area contributed by atoms with Crippen molar-refractivity contribution in [3.63, 3.8) is 0 Å². The quantitative estimate of drug-likeness (QED) is 0.632. The van der Waals surface area contributed by atoms with Crippen molar-refractivity contribution in [2.24, 2.45) is 0 Å². The minimum Gasteiger partial charge on any atom is -0.147 e. The van der Waals surface area contributed by atoms with Gasteiger partial charge in [0.15, 0.2) is 0 Å². The van der Waals surface area contributed by atoms with Crippen molar-refractivity contribution >= 4 is 32.9 Å². The normalized spacial score (nSPS) is 15.5. The zero-order chi connectivity index (χ0) is 7.78. The van der Waals surface area contributed by atoms with Crippen molar-refractivity contribution in [1.29, 1.82) is 0 Å². The molecule has 0 aromatic heterocycles. The molecule has 0 radical (unpaired) electrons. The van der Waals surface area contributed by atoms with Crippen LogP contribution < -0.4 is 0 Å². The monoisotopic (exact) mass is 257 g/mol. The molecule has 0 nitrogen and oxygen atoms in total. The van der Waals surface area contributed by atoms with Crippen LogP contribution in [0.25, 0.3) is 0 Å². The summed E-state index contributed by atoms with van der Waals surface area (Å²) >= 11 is 2.26. The van der Waals surface area contributed by atoms with Gasteiger partial charge in [0.2, 0.25) is 0 Å². The summed E-state index contributed by atoms with van der Waals surface area (Å²) in [6, 6.07) is 0. The van der Waals surface area contributed by atoms with Gasteiger partial charge in [-0.2, -0.15) is 0 Å². The van der Waals surface area contributed by atoms with E-state index in [-0.39, 0.29) is 24.8 Å². The summed E-state index contributed by atoms with van der Waals surface area (Å²) < 4.78 is 1.60. The van der Waals surface area contributed by atoms with Crippen molar-refractivity contribution < 1.29 is 20.4 Å². The van der Waals surface area contributed by atoms with Gasteiger partial charge in [-0.15, -0.1) is 24.8 Å². The van der Waals surface area contributed by atoms with E-state index in [1.54, 1.807) is 9.07 Å². The third kappa shape index (κ3) is 3.80. The molecule has 0 aromatic carbocycles. The van der Waals surface area contributed by atoms with Crippen molar-refractivity contribution in [1.82, 2.24) is 0 Å². The van der Waals surface area contributed by atoms with Crippen LogP contribution in [0.4, 0.5) is 0 Å². The van der Waals surface area contributed by atoms with Gasteiger partial charge in [0, 0.05) is 0 Å². The van der Waals surface area contributed by atoms with Gasteiger partial charge in [-0.3, -0.25) is 0 Å². The molecule has 1 aliphatic rings. The van der Waals surface area contributed by atoms with Crippen LogP contribution in [-0.4, -0.2) is 8.07 Å². The fourth-order valence-corrected chi connectivity index (χ4v) is 4.90. The summed E-state index contributed by atoms with van der Waals surface area (Å²) in [6.07, 6.45) is 5.80. The topological polar surface area (TPSA) is 0 Å². The van der Waals surface area contributed by atoms with Crippen molar-refractivity contribution in [2.45, 2.75) is 26.1 Å². The Morgan fingerprint density at radius 3 is 1.92 bits per heavy atom. The Labute approximate surface area is 100 Å². The molecule has 1 rings (SSSR count).